The van der Waals surface area contributed by atoms with Crippen molar-refractivity contribution in [3.8, 4) is 67.5 Å². The van der Waals surface area contributed by atoms with Crippen molar-refractivity contribution in [3.63, 3.8) is 0 Å². The maximum atomic E-state index is 5.60. The van der Waals surface area contributed by atoms with E-state index in [4.69, 9.17) is 29.9 Å². The second-order valence-corrected chi connectivity index (χ2v) is 23.3. The zero-order valence-electron chi connectivity index (χ0n) is 44.8. The highest BCUT2D eigenvalue weighted by Gasteiger charge is 2.24. The molecule has 6 heteroatoms. The lowest BCUT2D eigenvalue weighted by Crippen LogP contribution is -2.10. The van der Waals surface area contributed by atoms with E-state index in [1.54, 1.807) is 0 Å². The van der Waals surface area contributed by atoms with E-state index in [1.807, 2.05) is 0 Å². The average molecular weight is 943 g/mol. The van der Waals surface area contributed by atoms with Crippen molar-refractivity contribution in [2.75, 3.05) is 0 Å². The first-order valence-corrected chi connectivity index (χ1v) is 25.3. The largest absolute Gasteiger partial charge is 0.244 e. The van der Waals surface area contributed by atoms with Crippen LogP contribution in [-0.2, 0) is 16.2 Å². The van der Waals surface area contributed by atoms with Gasteiger partial charge in [-0.25, -0.2) is 29.9 Å². The van der Waals surface area contributed by atoms with Crippen molar-refractivity contribution < 1.29 is 0 Å². The highest BCUT2D eigenvalue weighted by atomic mass is 14.9. The summed E-state index contributed by atoms with van der Waals surface area (Å²) in [5, 5.41) is 0. The third kappa shape index (κ3) is 9.20. The molecule has 0 bridgehead atoms. The van der Waals surface area contributed by atoms with E-state index in [2.05, 4.69) is 231 Å². The molecule has 0 aliphatic carbocycles. The van der Waals surface area contributed by atoms with Crippen LogP contribution >= 0.6 is 0 Å². The minimum Gasteiger partial charge on any atom is -0.244 e. The Kier molecular flexibility index (Phi) is 11.8. The van der Waals surface area contributed by atoms with Crippen molar-refractivity contribution in [1.82, 2.24) is 29.9 Å². The molecule has 6 nitrogen and oxygen atoms in total. The maximum absolute atomic E-state index is 5.60. The Morgan fingerprint density at radius 2 is 0.389 bits per heavy atom. The predicted octanol–water partition coefficient (Wildman–Crippen LogP) is 17.3. The molecule has 0 aliphatic heterocycles. The number of nitrogens with zero attached hydrogens (tertiary/aromatic N) is 6. The molecule has 0 saturated carbocycles. The van der Waals surface area contributed by atoms with Gasteiger partial charge in [0.15, 0.2) is 0 Å². The predicted molar refractivity (Wildman–Crippen MR) is 303 cm³/mol. The van der Waals surface area contributed by atoms with Crippen LogP contribution in [0.4, 0.5) is 0 Å². The fourth-order valence-electron chi connectivity index (χ4n) is 9.56. The molecule has 10 aromatic rings. The molecule has 0 spiro atoms. The van der Waals surface area contributed by atoms with Crippen LogP contribution in [-0.4, -0.2) is 29.9 Å². The van der Waals surface area contributed by atoms with Gasteiger partial charge in [0.05, 0.1) is 67.3 Å². The smallest absolute Gasteiger partial charge is 0.0973 e. The standard InChI is InChI=1S/C66H66N6/c1-37-28-52-55(31-40(37)4)70-61(58(67-52)43-16-22-49(23-17-43)64(7,8)9)46-34-47(62-59(44-18-24-50(25-19-44)65(10,11)12)68-53-29-38(2)41(5)32-56(53)71-62)36-48(35-46)63-60(45-20-26-51(27-21-45)66(13,14)15)69-54-30-39(3)42(6)33-57(54)72-63/h16-36H,1-15H3. The topological polar surface area (TPSA) is 77.3 Å². The molecule has 360 valence electrons. The van der Waals surface area contributed by atoms with Gasteiger partial charge in [0.2, 0.25) is 0 Å². The molecule has 0 fully saturated rings. The number of fused-ring (bicyclic) bond motifs is 3. The zero-order valence-corrected chi connectivity index (χ0v) is 44.8. The summed E-state index contributed by atoms with van der Waals surface area (Å²) in [5.74, 6) is 0. The van der Waals surface area contributed by atoms with Gasteiger partial charge >= 0.3 is 0 Å². The second-order valence-electron chi connectivity index (χ2n) is 23.3. The van der Waals surface area contributed by atoms with Gasteiger partial charge in [-0.1, -0.05) is 135 Å². The van der Waals surface area contributed by atoms with E-state index in [9.17, 15) is 0 Å². The summed E-state index contributed by atoms with van der Waals surface area (Å²) < 4.78 is 0. The molecule has 3 aromatic heterocycles. The van der Waals surface area contributed by atoms with E-state index in [0.717, 1.165) is 117 Å². The molecule has 0 aliphatic rings. The third-order valence-electron chi connectivity index (χ3n) is 14.7. The van der Waals surface area contributed by atoms with Crippen LogP contribution in [0.3, 0.4) is 0 Å². The summed E-state index contributed by atoms with van der Waals surface area (Å²) >= 11 is 0. The van der Waals surface area contributed by atoms with Crippen molar-refractivity contribution >= 4 is 33.1 Å². The molecule has 7 aromatic carbocycles. The minimum atomic E-state index is -0.0138. The SMILES string of the molecule is Cc1cc2nc(-c3ccc(C(C)(C)C)cc3)c(-c3cc(-c4nc5cc(C)c(C)cc5nc4-c4ccc(C(C)(C)C)cc4)cc(-c4nc5cc(C)c(C)cc5nc4-c4ccc(C(C)(C)C)cc4)c3)nc2cc1C. The first-order valence-electron chi connectivity index (χ1n) is 25.3. The van der Waals surface area contributed by atoms with Crippen molar-refractivity contribution in [1.29, 1.82) is 0 Å². The van der Waals surface area contributed by atoms with Gasteiger partial charge in [0.25, 0.3) is 0 Å². The van der Waals surface area contributed by atoms with Gasteiger partial charge in [-0.05, 0) is 162 Å². The monoisotopic (exact) mass is 943 g/mol. The van der Waals surface area contributed by atoms with E-state index in [0.29, 0.717) is 0 Å². The fourth-order valence-corrected chi connectivity index (χ4v) is 9.56. The van der Waals surface area contributed by atoms with E-state index >= 15 is 0 Å². The van der Waals surface area contributed by atoms with Crippen molar-refractivity contribution in [2.24, 2.45) is 0 Å². The minimum absolute atomic E-state index is 0.0138. The first kappa shape index (κ1) is 48.2. The van der Waals surface area contributed by atoms with Gasteiger partial charge in [0, 0.05) is 33.4 Å². The Morgan fingerprint density at radius 3 is 0.556 bits per heavy atom. The molecule has 10 rings (SSSR count). The normalized spacial score (nSPS) is 12.4. The number of aromatic nitrogens is 6. The summed E-state index contributed by atoms with van der Waals surface area (Å²) in [6, 6.07) is 46.2. The van der Waals surface area contributed by atoms with E-state index < -0.39 is 0 Å². The second kappa shape index (κ2) is 17.7. The van der Waals surface area contributed by atoms with Crippen molar-refractivity contribution in [2.45, 2.75) is 120 Å². The summed E-state index contributed by atoms with van der Waals surface area (Å²) in [5.41, 5.74) is 26.1. The van der Waals surface area contributed by atoms with Crippen LogP contribution < -0.4 is 0 Å². The number of hydrogen-bond acceptors (Lipinski definition) is 6. The summed E-state index contributed by atoms with van der Waals surface area (Å²) in [6.45, 7) is 33.1. The Balaban J connectivity index is 1.33. The summed E-state index contributed by atoms with van der Waals surface area (Å²) in [4.78, 5) is 33.3. The lowest BCUT2D eigenvalue weighted by Gasteiger charge is -2.20. The van der Waals surface area contributed by atoms with Gasteiger partial charge in [-0.3, -0.25) is 0 Å². The number of aryl methyl sites for hydroxylation is 6. The van der Waals surface area contributed by atoms with E-state index in [1.165, 1.54) is 33.4 Å². The lowest BCUT2D eigenvalue weighted by atomic mass is 9.86. The average Bonchev–Trinajstić information content (AvgIpc) is 3.33. The molecule has 0 radical (unpaired) electrons. The number of benzene rings is 7. The molecule has 72 heavy (non-hydrogen) atoms. The lowest BCUT2D eigenvalue weighted by molar-refractivity contribution is 0.590. The Hall–Kier alpha value is -7.44. The summed E-state index contributed by atoms with van der Waals surface area (Å²) in [6.07, 6.45) is 0. The van der Waals surface area contributed by atoms with Crippen LogP contribution in [0.2, 0.25) is 0 Å². The molecule has 0 N–H and O–H groups in total. The van der Waals surface area contributed by atoms with Crippen LogP contribution in [0.15, 0.2) is 127 Å². The molecular weight excluding hydrogens is 877 g/mol. The first-order chi connectivity index (χ1) is 34.0. The van der Waals surface area contributed by atoms with Crippen LogP contribution in [0.25, 0.3) is 101 Å². The molecule has 0 saturated heterocycles. The number of hydrogen-bond donors (Lipinski definition) is 0. The zero-order chi connectivity index (χ0) is 51.2. The Morgan fingerprint density at radius 1 is 0.222 bits per heavy atom. The third-order valence-corrected chi connectivity index (χ3v) is 14.7. The molecule has 0 unspecified atom stereocenters. The Labute approximate surface area is 426 Å². The van der Waals surface area contributed by atoms with Crippen LogP contribution in [0, 0.1) is 41.5 Å². The van der Waals surface area contributed by atoms with Gasteiger partial charge in [0.1, 0.15) is 0 Å². The maximum Gasteiger partial charge on any atom is 0.0973 e. The van der Waals surface area contributed by atoms with Gasteiger partial charge in [-0.2, -0.15) is 0 Å². The van der Waals surface area contributed by atoms with Crippen molar-refractivity contribution in [3.05, 3.63) is 177 Å². The number of rotatable bonds is 6. The molecule has 0 atom stereocenters. The highest BCUT2D eigenvalue weighted by molar-refractivity contribution is 5.95. The quantitative estimate of drug-likeness (QED) is 0.165. The fraction of sp³-hybridized carbons (Fsp3) is 0.273. The Bertz CT molecular complexity index is 3360. The van der Waals surface area contributed by atoms with Crippen LogP contribution in [0.1, 0.15) is 112 Å². The molecule has 0 amide bonds. The van der Waals surface area contributed by atoms with E-state index in [-0.39, 0.29) is 16.2 Å². The molecular formula is C66H66N6. The van der Waals surface area contributed by atoms with Gasteiger partial charge < -0.3 is 0 Å². The summed E-state index contributed by atoms with van der Waals surface area (Å²) in [7, 11) is 0. The van der Waals surface area contributed by atoms with Crippen LogP contribution in [0.5, 0.6) is 0 Å². The molecule has 3 heterocycles. The van der Waals surface area contributed by atoms with Gasteiger partial charge in [-0.15, -0.1) is 0 Å². The highest BCUT2D eigenvalue weighted by Crippen LogP contribution is 2.42.